The molecule has 3 heterocycles. The van der Waals surface area contributed by atoms with Crippen LogP contribution in [0.2, 0.25) is 0 Å². The van der Waals surface area contributed by atoms with Crippen LogP contribution in [0.3, 0.4) is 0 Å². The van der Waals surface area contributed by atoms with Crippen LogP contribution in [0, 0.1) is 0 Å². The highest BCUT2D eigenvalue weighted by atomic mass is 16.5. The van der Waals surface area contributed by atoms with Crippen LogP contribution in [0.25, 0.3) is 10.9 Å². The fourth-order valence-electron chi connectivity index (χ4n) is 5.95. The molecule has 43 heavy (non-hydrogen) atoms. The lowest BCUT2D eigenvalue weighted by Gasteiger charge is -2.36. The van der Waals surface area contributed by atoms with Gasteiger partial charge in [0.1, 0.15) is 23.9 Å². The smallest absolute Gasteiger partial charge is 0.332 e. The van der Waals surface area contributed by atoms with Crippen molar-refractivity contribution in [3.63, 3.8) is 0 Å². The summed E-state index contributed by atoms with van der Waals surface area (Å²) in [4.78, 5) is 70.6. The molecule has 2 aliphatic rings. The van der Waals surface area contributed by atoms with Gasteiger partial charge in [0, 0.05) is 23.0 Å². The number of nitrogens with two attached hydrogens (primary N) is 1. The van der Waals surface area contributed by atoms with Gasteiger partial charge >= 0.3 is 12.0 Å². The molecule has 12 nitrogen and oxygen atoms in total. The van der Waals surface area contributed by atoms with Gasteiger partial charge in [-0.1, -0.05) is 42.5 Å². The number of carbonyl (C=O) groups is 5. The number of para-hydroxylation sites is 2. The first kappa shape index (κ1) is 27.5. The Hall–Kier alpha value is -5.65. The van der Waals surface area contributed by atoms with Gasteiger partial charge in [0.15, 0.2) is 0 Å². The van der Waals surface area contributed by atoms with Crippen molar-refractivity contribution in [2.45, 2.75) is 31.0 Å². The normalized spacial score (nSPS) is 18.3. The molecule has 1 aromatic heterocycles. The molecule has 6 rings (SSSR count). The van der Waals surface area contributed by atoms with E-state index in [1.54, 1.807) is 19.2 Å². The van der Waals surface area contributed by atoms with Gasteiger partial charge in [-0.15, -0.1) is 0 Å². The minimum atomic E-state index is -1.59. The summed E-state index contributed by atoms with van der Waals surface area (Å²) in [5, 5.41) is 12.7. The number of hydrogen-bond donors (Lipinski definition) is 4. The summed E-state index contributed by atoms with van der Waals surface area (Å²) >= 11 is 0. The zero-order valence-corrected chi connectivity index (χ0v) is 22.9. The molecule has 3 atom stereocenters. The van der Waals surface area contributed by atoms with Gasteiger partial charge in [0.2, 0.25) is 5.91 Å². The van der Waals surface area contributed by atoms with Crippen LogP contribution < -0.4 is 20.7 Å². The van der Waals surface area contributed by atoms with E-state index >= 15 is 0 Å². The number of H-pyrrole nitrogens is 1. The largest absolute Gasteiger partial charge is 0.497 e. The van der Waals surface area contributed by atoms with Crippen molar-refractivity contribution in [1.82, 2.24) is 15.2 Å². The number of hydrogen-bond acceptors (Lipinski definition) is 6. The number of imide groups is 1. The molecule has 218 valence electrons. The Morgan fingerprint density at radius 3 is 2.56 bits per heavy atom. The fourth-order valence-corrected chi connectivity index (χ4v) is 5.95. The van der Waals surface area contributed by atoms with E-state index in [1.807, 2.05) is 42.5 Å². The third-order valence-electron chi connectivity index (χ3n) is 7.86. The number of ether oxygens (including phenoxy) is 1. The first-order chi connectivity index (χ1) is 20.7. The van der Waals surface area contributed by atoms with Crippen LogP contribution in [-0.4, -0.2) is 63.9 Å². The molecule has 12 heteroatoms. The molecule has 4 aromatic rings. The minimum absolute atomic E-state index is 0.00877. The molecule has 0 aliphatic carbocycles. The van der Waals surface area contributed by atoms with Crippen LogP contribution in [0.15, 0.2) is 72.8 Å². The van der Waals surface area contributed by atoms with Gasteiger partial charge in [0.05, 0.1) is 24.8 Å². The Kier molecular flexibility index (Phi) is 6.81. The van der Waals surface area contributed by atoms with Crippen LogP contribution in [0.1, 0.15) is 39.6 Å². The number of methoxy groups -OCH3 is 1. The first-order valence-electron chi connectivity index (χ1n) is 13.5. The van der Waals surface area contributed by atoms with Gasteiger partial charge < -0.3 is 25.9 Å². The molecule has 1 fully saturated rings. The number of carbonyl (C=O) groups excluding carboxylic acids is 4. The number of carboxylic acids is 1. The van der Waals surface area contributed by atoms with Crippen molar-refractivity contribution < 1.29 is 33.8 Å². The van der Waals surface area contributed by atoms with Crippen LogP contribution >= 0.6 is 0 Å². The number of carboxylic acid groups (broad SMARTS) is 1. The average molecular weight is 582 g/mol. The van der Waals surface area contributed by atoms with E-state index in [1.165, 1.54) is 23.1 Å². The molecule has 0 bridgehead atoms. The monoisotopic (exact) mass is 581 g/mol. The second-order valence-electron chi connectivity index (χ2n) is 10.4. The number of primary amides is 1. The van der Waals surface area contributed by atoms with E-state index in [0.29, 0.717) is 5.75 Å². The number of amides is 5. The number of aromatic nitrogens is 1. The molecule has 0 spiro atoms. The molecule has 0 saturated carbocycles. The zero-order chi connectivity index (χ0) is 30.4. The Bertz CT molecular complexity index is 1820. The molecule has 0 unspecified atom stereocenters. The van der Waals surface area contributed by atoms with E-state index in [-0.39, 0.29) is 17.7 Å². The minimum Gasteiger partial charge on any atom is -0.497 e. The van der Waals surface area contributed by atoms with Crippen molar-refractivity contribution in [1.29, 1.82) is 0 Å². The number of fused-ring (bicyclic) bond motifs is 4. The number of anilines is 1. The molecule has 5 amide bonds. The summed E-state index contributed by atoms with van der Waals surface area (Å²) in [6.45, 7) is 0. The van der Waals surface area contributed by atoms with E-state index in [2.05, 4.69) is 10.3 Å². The number of benzene rings is 3. The van der Waals surface area contributed by atoms with Gasteiger partial charge in [-0.3, -0.25) is 19.3 Å². The van der Waals surface area contributed by atoms with E-state index < -0.39 is 54.3 Å². The maximum absolute atomic E-state index is 14.3. The predicted octanol–water partition coefficient (Wildman–Crippen LogP) is 2.72. The molecule has 5 N–H and O–H groups in total. The lowest BCUT2D eigenvalue weighted by molar-refractivity contribution is -0.141. The Balaban J connectivity index is 1.44. The summed E-state index contributed by atoms with van der Waals surface area (Å²) in [7, 11) is 1.55. The van der Waals surface area contributed by atoms with Crippen LogP contribution in [-0.2, 0) is 20.8 Å². The van der Waals surface area contributed by atoms with Crippen molar-refractivity contribution >= 4 is 46.3 Å². The average Bonchev–Trinajstić information content (AvgIpc) is 3.49. The highest BCUT2D eigenvalue weighted by Crippen LogP contribution is 2.45. The first-order valence-corrected chi connectivity index (χ1v) is 13.5. The van der Waals surface area contributed by atoms with E-state index in [0.717, 1.165) is 32.6 Å². The quantitative estimate of drug-likeness (QED) is 0.231. The van der Waals surface area contributed by atoms with Crippen LogP contribution in [0.4, 0.5) is 10.5 Å². The third-order valence-corrected chi connectivity index (χ3v) is 7.86. The van der Waals surface area contributed by atoms with E-state index in [4.69, 9.17) is 10.5 Å². The molecule has 1 saturated heterocycles. The summed E-state index contributed by atoms with van der Waals surface area (Å²) in [5.41, 5.74) is 8.32. The highest BCUT2D eigenvalue weighted by molar-refractivity contribution is 6.24. The van der Waals surface area contributed by atoms with Crippen LogP contribution in [0.5, 0.6) is 5.75 Å². The maximum atomic E-state index is 14.3. The number of urea groups is 1. The summed E-state index contributed by atoms with van der Waals surface area (Å²) in [6, 6.07) is 17.1. The SMILES string of the molecule is COc1cccc([C@H]2c3[nH]c4ccccc4c3C[C@H]3C(=O)N(c4ccccc4C(=O)N[C@@H](CC(N)=O)C(=O)O)C(=O)N23)c1. The number of nitrogens with one attached hydrogen (secondary N) is 2. The lowest BCUT2D eigenvalue weighted by atomic mass is 9.89. The number of nitrogens with zero attached hydrogens (tertiary/aromatic N) is 2. The number of aliphatic carboxylic acids is 1. The summed E-state index contributed by atoms with van der Waals surface area (Å²) < 4.78 is 5.45. The predicted molar refractivity (Wildman–Crippen MR) is 154 cm³/mol. The Morgan fingerprint density at radius 2 is 1.81 bits per heavy atom. The zero-order valence-electron chi connectivity index (χ0n) is 22.9. The lowest BCUT2D eigenvalue weighted by Crippen LogP contribution is -2.44. The summed E-state index contributed by atoms with van der Waals surface area (Å²) in [6.07, 6.45) is -0.385. The van der Waals surface area contributed by atoms with Crippen molar-refractivity contribution in [3.8, 4) is 5.75 Å². The molecule has 2 aliphatic heterocycles. The molecule has 3 aromatic carbocycles. The highest BCUT2D eigenvalue weighted by Gasteiger charge is 2.53. The molecular weight excluding hydrogens is 554 g/mol. The fraction of sp³-hybridized carbons (Fsp3) is 0.194. The molecular formula is C31H27N5O7. The summed E-state index contributed by atoms with van der Waals surface area (Å²) in [5.74, 6) is -3.19. The van der Waals surface area contributed by atoms with Crippen molar-refractivity contribution in [3.05, 3.63) is 95.2 Å². The molecule has 0 radical (unpaired) electrons. The van der Waals surface area contributed by atoms with Crippen molar-refractivity contribution in [2.75, 3.05) is 12.0 Å². The van der Waals surface area contributed by atoms with Gasteiger partial charge in [0.25, 0.3) is 11.8 Å². The van der Waals surface area contributed by atoms with Gasteiger partial charge in [-0.25, -0.2) is 14.5 Å². The second-order valence-corrected chi connectivity index (χ2v) is 10.4. The number of rotatable bonds is 8. The number of aromatic amines is 1. The van der Waals surface area contributed by atoms with Crippen molar-refractivity contribution in [2.24, 2.45) is 5.73 Å². The topological polar surface area (TPSA) is 175 Å². The maximum Gasteiger partial charge on any atom is 0.332 e. The Morgan fingerprint density at radius 1 is 1.07 bits per heavy atom. The second kappa shape index (κ2) is 10.6. The third kappa shape index (κ3) is 4.62. The van der Waals surface area contributed by atoms with E-state index in [9.17, 15) is 29.1 Å². The van der Waals surface area contributed by atoms with Gasteiger partial charge in [-0.2, -0.15) is 0 Å². The van der Waals surface area contributed by atoms with Gasteiger partial charge in [-0.05, 0) is 41.5 Å². The standard InChI is InChI=1S/C31H27N5O7/c1-43-17-8-6-7-16(13-17)27-26-20(18-9-2-4-11-21(18)33-26)14-24-29(39)36(31(42)35(24)27)23-12-5-3-10-19(23)28(38)34-22(30(40)41)15-25(32)37/h2-13,22,24,27,33H,14-15H2,1H3,(H2,32,37)(H,34,38)(H,40,41)/t22-,24-,27-/m0/s1. The Labute approximate surface area is 245 Å².